The van der Waals surface area contributed by atoms with Gasteiger partial charge in [0.25, 0.3) is 5.91 Å². The molecule has 0 atom stereocenters. The molecule has 0 unspecified atom stereocenters. The summed E-state index contributed by atoms with van der Waals surface area (Å²) in [6.07, 6.45) is 1.86. The van der Waals surface area contributed by atoms with Gasteiger partial charge in [0.05, 0.1) is 21.0 Å². The summed E-state index contributed by atoms with van der Waals surface area (Å²) < 4.78 is 13.3. The van der Waals surface area contributed by atoms with Crippen molar-refractivity contribution in [2.24, 2.45) is 5.41 Å². The maximum atomic E-state index is 13.3. The molecule has 20 heavy (non-hydrogen) atoms. The van der Waals surface area contributed by atoms with E-state index in [1.54, 1.807) is 0 Å². The van der Waals surface area contributed by atoms with E-state index in [-0.39, 0.29) is 22.2 Å². The number of amides is 1. The average Bonchev–Trinajstić information content (AvgIpc) is 2.31. The van der Waals surface area contributed by atoms with Crippen LogP contribution in [0.1, 0.15) is 29.6 Å². The average molecular weight is 320 g/mol. The zero-order chi connectivity index (χ0) is 14.9. The lowest BCUT2D eigenvalue weighted by Crippen LogP contribution is -2.47. The zero-order valence-corrected chi connectivity index (χ0v) is 11.9. The number of halogens is 3. The van der Waals surface area contributed by atoms with Crippen molar-refractivity contribution in [1.82, 2.24) is 5.32 Å². The number of carbonyl (C=O) groups excluding carboxylic acids is 1. The van der Waals surface area contributed by atoms with Crippen LogP contribution < -0.4 is 5.32 Å². The molecule has 4 nitrogen and oxygen atoms in total. The molecule has 1 fully saturated rings. The van der Waals surface area contributed by atoms with Gasteiger partial charge < -0.3 is 10.4 Å². The van der Waals surface area contributed by atoms with E-state index in [1.807, 2.05) is 0 Å². The molecule has 0 spiro atoms. The number of carbonyl (C=O) groups is 2. The van der Waals surface area contributed by atoms with Gasteiger partial charge in [-0.2, -0.15) is 0 Å². The molecule has 7 heteroatoms. The number of carboxylic acids is 1. The summed E-state index contributed by atoms with van der Waals surface area (Å²) in [4.78, 5) is 23.1. The Kier molecular flexibility index (Phi) is 4.20. The van der Waals surface area contributed by atoms with E-state index in [0.29, 0.717) is 12.8 Å². The first-order valence-electron chi connectivity index (χ1n) is 6.02. The summed E-state index contributed by atoms with van der Waals surface area (Å²) in [6.45, 7) is 0.00173. The number of aliphatic carboxylic acids is 1. The largest absolute Gasteiger partial charge is 0.481 e. The van der Waals surface area contributed by atoms with Gasteiger partial charge in [0, 0.05) is 6.54 Å². The lowest BCUT2D eigenvalue weighted by atomic mass is 9.69. The van der Waals surface area contributed by atoms with E-state index in [1.165, 1.54) is 0 Å². The number of carboxylic acid groups (broad SMARTS) is 1. The minimum absolute atomic E-state index is 0.00173. The van der Waals surface area contributed by atoms with Crippen LogP contribution in [0.15, 0.2) is 12.1 Å². The van der Waals surface area contributed by atoms with Crippen LogP contribution in [0.5, 0.6) is 0 Å². The molecule has 1 aliphatic carbocycles. The van der Waals surface area contributed by atoms with Crippen LogP contribution in [0.2, 0.25) is 10.0 Å². The molecule has 0 saturated heterocycles. The third kappa shape index (κ3) is 2.74. The van der Waals surface area contributed by atoms with Gasteiger partial charge in [-0.25, -0.2) is 4.39 Å². The number of rotatable bonds is 4. The second-order valence-electron chi connectivity index (χ2n) is 4.87. The van der Waals surface area contributed by atoms with Crippen molar-refractivity contribution in [1.29, 1.82) is 0 Å². The Balaban J connectivity index is 2.09. The highest BCUT2D eigenvalue weighted by Gasteiger charge is 2.44. The van der Waals surface area contributed by atoms with Gasteiger partial charge in [-0.1, -0.05) is 29.6 Å². The summed E-state index contributed by atoms with van der Waals surface area (Å²) in [5.74, 6) is -2.30. The SMILES string of the molecule is O=C(NCC1(C(=O)O)CCC1)c1cc(F)c(Cl)cc1Cl. The molecular weight excluding hydrogens is 308 g/mol. The highest BCUT2D eigenvalue weighted by Crippen LogP contribution is 2.40. The Morgan fingerprint density at radius 1 is 1.30 bits per heavy atom. The fraction of sp³-hybridized carbons (Fsp3) is 0.385. The van der Waals surface area contributed by atoms with Crippen molar-refractivity contribution < 1.29 is 19.1 Å². The smallest absolute Gasteiger partial charge is 0.311 e. The highest BCUT2D eigenvalue weighted by atomic mass is 35.5. The Morgan fingerprint density at radius 3 is 2.45 bits per heavy atom. The first-order chi connectivity index (χ1) is 9.35. The number of hydrogen-bond donors (Lipinski definition) is 2. The third-order valence-electron chi connectivity index (χ3n) is 3.61. The molecule has 0 bridgehead atoms. The van der Waals surface area contributed by atoms with Gasteiger partial charge >= 0.3 is 5.97 Å². The van der Waals surface area contributed by atoms with Gasteiger partial charge in [0.2, 0.25) is 0 Å². The fourth-order valence-corrected chi connectivity index (χ4v) is 2.58. The van der Waals surface area contributed by atoms with Crippen molar-refractivity contribution in [2.45, 2.75) is 19.3 Å². The molecular formula is C13H12Cl2FNO3. The number of benzene rings is 1. The van der Waals surface area contributed by atoms with E-state index in [0.717, 1.165) is 18.6 Å². The van der Waals surface area contributed by atoms with Gasteiger partial charge in [0.1, 0.15) is 5.82 Å². The lowest BCUT2D eigenvalue weighted by Gasteiger charge is -2.37. The molecule has 0 heterocycles. The van der Waals surface area contributed by atoms with Crippen molar-refractivity contribution in [2.75, 3.05) is 6.54 Å². The first kappa shape index (κ1) is 15.1. The van der Waals surface area contributed by atoms with Crippen LogP contribution in [0.25, 0.3) is 0 Å². The fourth-order valence-electron chi connectivity index (χ4n) is 2.11. The van der Waals surface area contributed by atoms with Crippen molar-refractivity contribution in [3.05, 3.63) is 33.6 Å². The van der Waals surface area contributed by atoms with E-state index < -0.39 is 23.1 Å². The van der Waals surface area contributed by atoms with Crippen LogP contribution in [0.4, 0.5) is 4.39 Å². The highest BCUT2D eigenvalue weighted by molar-refractivity contribution is 6.36. The van der Waals surface area contributed by atoms with Crippen LogP contribution in [-0.2, 0) is 4.79 Å². The number of nitrogens with one attached hydrogen (secondary N) is 1. The molecule has 0 radical (unpaired) electrons. The van der Waals surface area contributed by atoms with E-state index >= 15 is 0 Å². The Hall–Kier alpha value is -1.33. The molecule has 1 amide bonds. The first-order valence-corrected chi connectivity index (χ1v) is 6.77. The predicted molar refractivity (Wildman–Crippen MR) is 72.7 cm³/mol. The van der Waals surface area contributed by atoms with Gasteiger partial charge in [0.15, 0.2) is 0 Å². The van der Waals surface area contributed by atoms with Gasteiger partial charge in [-0.05, 0) is 25.0 Å². The second-order valence-corrected chi connectivity index (χ2v) is 5.68. The molecule has 1 aromatic carbocycles. The summed E-state index contributed by atoms with van der Waals surface area (Å²) >= 11 is 11.4. The number of hydrogen-bond acceptors (Lipinski definition) is 2. The molecule has 2 rings (SSSR count). The zero-order valence-electron chi connectivity index (χ0n) is 10.4. The molecule has 0 aromatic heterocycles. The quantitative estimate of drug-likeness (QED) is 0.838. The minimum atomic E-state index is -0.933. The Morgan fingerprint density at radius 2 is 1.95 bits per heavy atom. The molecule has 108 valence electrons. The maximum absolute atomic E-state index is 13.3. The van der Waals surface area contributed by atoms with Crippen LogP contribution >= 0.6 is 23.2 Å². The Bertz CT molecular complexity index is 573. The van der Waals surface area contributed by atoms with Crippen LogP contribution in [0, 0.1) is 11.2 Å². The second kappa shape index (κ2) is 5.58. The van der Waals surface area contributed by atoms with Crippen LogP contribution in [0.3, 0.4) is 0 Å². The standard InChI is InChI=1S/C13H12Cl2FNO3/c14-8-5-9(15)10(16)4-7(8)11(18)17-6-13(12(19)20)2-1-3-13/h4-5H,1-3,6H2,(H,17,18)(H,19,20). The third-order valence-corrected chi connectivity index (χ3v) is 4.21. The topological polar surface area (TPSA) is 66.4 Å². The molecule has 2 N–H and O–H groups in total. The van der Waals surface area contributed by atoms with Crippen molar-refractivity contribution in [3.8, 4) is 0 Å². The Labute approximate surface area is 124 Å². The predicted octanol–water partition coefficient (Wildman–Crippen LogP) is 3.12. The van der Waals surface area contributed by atoms with Crippen molar-refractivity contribution in [3.63, 3.8) is 0 Å². The molecule has 1 aliphatic rings. The van der Waals surface area contributed by atoms with Crippen LogP contribution in [-0.4, -0.2) is 23.5 Å². The molecule has 1 aromatic rings. The minimum Gasteiger partial charge on any atom is -0.481 e. The monoisotopic (exact) mass is 319 g/mol. The summed E-state index contributed by atoms with van der Waals surface area (Å²) in [6, 6.07) is 2.08. The lowest BCUT2D eigenvalue weighted by molar-refractivity contribution is -0.153. The molecule has 0 aliphatic heterocycles. The summed E-state index contributed by atoms with van der Waals surface area (Å²) in [5.41, 5.74) is -0.971. The normalized spacial score (nSPS) is 16.4. The van der Waals surface area contributed by atoms with Crippen molar-refractivity contribution >= 4 is 35.1 Å². The van der Waals surface area contributed by atoms with E-state index in [9.17, 15) is 14.0 Å². The van der Waals surface area contributed by atoms with E-state index in [2.05, 4.69) is 5.32 Å². The summed E-state index contributed by atoms with van der Waals surface area (Å²) in [7, 11) is 0. The van der Waals surface area contributed by atoms with Gasteiger partial charge in [-0.3, -0.25) is 9.59 Å². The maximum Gasteiger partial charge on any atom is 0.311 e. The van der Waals surface area contributed by atoms with Gasteiger partial charge in [-0.15, -0.1) is 0 Å². The van der Waals surface area contributed by atoms with E-state index in [4.69, 9.17) is 28.3 Å². The molecule has 1 saturated carbocycles. The summed E-state index contributed by atoms with van der Waals surface area (Å²) in [5, 5.41) is 11.5.